The highest BCUT2D eigenvalue weighted by molar-refractivity contribution is 7.71. The molecule has 0 saturated carbocycles. The number of aromatic amines is 1. The SMILES string of the molecule is CCOc1cc(CNn2c(-c3ccncc3)n[nH]c2=S)c(Cl)cc1OCc1ccccc1Cl. The second-order valence-corrected chi connectivity index (χ2v) is 8.16. The van der Waals surface area contributed by atoms with Gasteiger partial charge in [0.05, 0.1) is 13.2 Å². The van der Waals surface area contributed by atoms with E-state index in [9.17, 15) is 0 Å². The minimum absolute atomic E-state index is 0.299. The quantitative estimate of drug-likeness (QED) is 0.272. The van der Waals surface area contributed by atoms with Crippen molar-refractivity contribution in [2.45, 2.75) is 20.1 Å². The van der Waals surface area contributed by atoms with Gasteiger partial charge in [-0.1, -0.05) is 41.4 Å². The summed E-state index contributed by atoms with van der Waals surface area (Å²) >= 11 is 18.2. The number of ether oxygens (including phenoxy) is 2. The maximum absolute atomic E-state index is 6.58. The molecule has 0 bridgehead atoms. The molecule has 2 N–H and O–H groups in total. The lowest BCUT2D eigenvalue weighted by molar-refractivity contribution is 0.269. The summed E-state index contributed by atoms with van der Waals surface area (Å²) in [6, 6.07) is 14.8. The van der Waals surface area contributed by atoms with Crippen LogP contribution in [0, 0.1) is 4.77 Å². The first-order valence-electron chi connectivity index (χ1n) is 10.2. The molecule has 0 unspecified atom stereocenters. The van der Waals surface area contributed by atoms with E-state index in [0.717, 1.165) is 16.7 Å². The number of halogens is 2. The van der Waals surface area contributed by atoms with Crippen LogP contribution in [0.3, 0.4) is 0 Å². The number of rotatable bonds is 9. The molecule has 0 fully saturated rings. The van der Waals surface area contributed by atoms with Crippen molar-refractivity contribution in [1.82, 2.24) is 19.9 Å². The third kappa shape index (κ3) is 5.47. The van der Waals surface area contributed by atoms with Crippen molar-refractivity contribution in [1.29, 1.82) is 0 Å². The second-order valence-electron chi connectivity index (χ2n) is 6.96. The summed E-state index contributed by atoms with van der Waals surface area (Å²) in [5, 5.41) is 8.29. The lowest BCUT2D eigenvalue weighted by Crippen LogP contribution is -2.16. The van der Waals surface area contributed by atoms with E-state index in [4.69, 9.17) is 44.9 Å². The Hall–Kier alpha value is -3.07. The molecule has 0 radical (unpaired) electrons. The molecule has 2 heterocycles. The van der Waals surface area contributed by atoms with Crippen molar-refractivity contribution in [3.05, 3.63) is 86.9 Å². The van der Waals surface area contributed by atoms with Gasteiger partial charge < -0.3 is 14.9 Å². The zero-order chi connectivity index (χ0) is 23.2. The van der Waals surface area contributed by atoms with Gasteiger partial charge in [-0.05, 0) is 49.0 Å². The highest BCUT2D eigenvalue weighted by Gasteiger charge is 2.14. The fraction of sp³-hybridized carbons (Fsp3) is 0.174. The van der Waals surface area contributed by atoms with E-state index in [0.29, 0.717) is 51.9 Å². The smallest absolute Gasteiger partial charge is 0.214 e. The van der Waals surface area contributed by atoms with Crippen molar-refractivity contribution in [3.63, 3.8) is 0 Å². The molecule has 2 aromatic heterocycles. The van der Waals surface area contributed by atoms with Crippen LogP contribution in [0.5, 0.6) is 11.5 Å². The lowest BCUT2D eigenvalue weighted by atomic mass is 10.2. The Kier molecular flexibility index (Phi) is 7.49. The van der Waals surface area contributed by atoms with Crippen molar-refractivity contribution < 1.29 is 9.47 Å². The Balaban J connectivity index is 1.55. The lowest BCUT2D eigenvalue weighted by Gasteiger charge is -2.16. The van der Waals surface area contributed by atoms with E-state index in [1.54, 1.807) is 23.1 Å². The van der Waals surface area contributed by atoms with E-state index in [2.05, 4.69) is 20.6 Å². The first-order chi connectivity index (χ1) is 16.1. The predicted molar refractivity (Wildman–Crippen MR) is 132 cm³/mol. The Morgan fingerprint density at radius 3 is 2.52 bits per heavy atom. The van der Waals surface area contributed by atoms with Crippen molar-refractivity contribution in [2.24, 2.45) is 0 Å². The number of hydrogen-bond donors (Lipinski definition) is 2. The molecule has 33 heavy (non-hydrogen) atoms. The van der Waals surface area contributed by atoms with E-state index < -0.39 is 0 Å². The highest BCUT2D eigenvalue weighted by Crippen LogP contribution is 2.35. The van der Waals surface area contributed by atoms with Gasteiger partial charge in [-0.2, -0.15) is 5.10 Å². The molecule has 0 saturated heterocycles. The summed E-state index contributed by atoms with van der Waals surface area (Å²) in [5.41, 5.74) is 5.83. The number of nitrogens with one attached hydrogen (secondary N) is 2. The van der Waals surface area contributed by atoms with Crippen LogP contribution in [0.1, 0.15) is 18.1 Å². The van der Waals surface area contributed by atoms with Gasteiger partial charge in [-0.3, -0.25) is 4.98 Å². The Morgan fingerprint density at radius 1 is 1.00 bits per heavy atom. The molecular formula is C23H21Cl2N5O2S. The molecule has 0 amide bonds. The average Bonchev–Trinajstić information content (AvgIpc) is 3.20. The molecule has 4 rings (SSSR count). The van der Waals surface area contributed by atoms with Crippen LogP contribution in [0.2, 0.25) is 10.0 Å². The summed E-state index contributed by atoms with van der Waals surface area (Å²) < 4.78 is 13.9. The van der Waals surface area contributed by atoms with E-state index in [1.807, 2.05) is 49.4 Å². The summed E-state index contributed by atoms with van der Waals surface area (Å²) in [6.07, 6.45) is 3.40. The number of pyridine rings is 1. The Morgan fingerprint density at radius 2 is 1.76 bits per heavy atom. The normalized spacial score (nSPS) is 10.8. The van der Waals surface area contributed by atoms with Gasteiger partial charge in [0, 0.05) is 39.6 Å². The molecule has 0 aliphatic heterocycles. The second kappa shape index (κ2) is 10.7. The average molecular weight is 502 g/mol. The zero-order valence-electron chi connectivity index (χ0n) is 17.7. The fourth-order valence-electron chi connectivity index (χ4n) is 3.17. The first kappa shape index (κ1) is 23.1. The van der Waals surface area contributed by atoms with Crippen molar-refractivity contribution in [2.75, 3.05) is 12.0 Å². The minimum atomic E-state index is 0.299. The summed E-state index contributed by atoms with van der Waals surface area (Å²) in [4.78, 5) is 4.04. The molecule has 10 heteroatoms. The maximum Gasteiger partial charge on any atom is 0.214 e. The van der Waals surface area contributed by atoms with Crippen molar-refractivity contribution in [3.8, 4) is 22.9 Å². The number of nitrogens with zero attached hydrogens (tertiary/aromatic N) is 3. The van der Waals surface area contributed by atoms with Crippen LogP contribution < -0.4 is 14.9 Å². The van der Waals surface area contributed by atoms with Gasteiger partial charge in [0.2, 0.25) is 4.77 Å². The number of H-pyrrole nitrogens is 1. The van der Waals surface area contributed by atoms with Gasteiger partial charge in [0.1, 0.15) is 6.61 Å². The van der Waals surface area contributed by atoms with Crippen LogP contribution >= 0.6 is 35.4 Å². The summed E-state index contributed by atoms with van der Waals surface area (Å²) in [6.45, 7) is 3.08. The van der Waals surface area contributed by atoms with Crippen LogP contribution in [0.15, 0.2) is 60.9 Å². The molecule has 0 spiro atoms. The summed E-state index contributed by atoms with van der Waals surface area (Å²) in [5.74, 6) is 1.78. The molecule has 4 aromatic rings. The Labute approximate surface area is 206 Å². The predicted octanol–water partition coefficient (Wildman–Crippen LogP) is 6.03. The topological polar surface area (TPSA) is 77.0 Å². The highest BCUT2D eigenvalue weighted by atomic mass is 35.5. The zero-order valence-corrected chi connectivity index (χ0v) is 20.0. The summed E-state index contributed by atoms with van der Waals surface area (Å²) in [7, 11) is 0. The van der Waals surface area contributed by atoms with Gasteiger partial charge in [-0.25, -0.2) is 9.77 Å². The van der Waals surface area contributed by atoms with Crippen LogP contribution in [-0.2, 0) is 13.2 Å². The molecule has 0 atom stereocenters. The molecule has 7 nitrogen and oxygen atoms in total. The molecule has 2 aromatic carbocycles. The van der Waals surface area contributed by atoms with E-state index in [1.165, 1.54) is 0 Å². The van der Waals surface area contributed by atoms with Crippen LogP contribution in [0.4, 0.5) is 0 Å². The standard InChI is InChI=1S/C23H21Cl2N5O2S/c1-2-31-20-11-17(19(25)12-21(20)32-14-16-5-3-4-6-18(16)24)13-27-30-22(28-29-23(30)33)15-7-9-26-10-8-15/h3-12,27H,2,13-14H2,1H3,(H,29,33). The molecule has 170 valence electrons. The monoisotopic (exact) mass is 501 g/mol. The Bertz CT molecular complexity index is 1290. The fourth-order valence-corrected chi connectivity index (χ4v) is 3.77. The first-order valence-corrected chi connectivity index (χ1v) is 11.4. The van der Waals surface area contributed by atoms with Gasteiger partial charge in [0.25, 0.3) is 0 Å². The number of aromatic nitrogens is 4. The maximum atomic E-state index is 6.58. The number of benzene rings is 2. The molecular weight excluding hydrogens is 481 g/mol. The molecule has 0 aliphatic carbocycles. The van der Waals surface area contributed by atoms with Gasteiger partial charge >= 0.3 is 0 Å². The van der Waals surface area contributed by atoms with Crippen LogP contribution in [0.25, 0.3) is 11.4 Å². The van der Waals surface area contributed by atoms with E-state index in [-0.39, 0.29) is 0 Å². The van der Waals surface area contributed by atoms with E-state index >= 15 is 0 Å². The minimum Gasteiger partial charge on any atom is -0.490 e. The molecule has 0 aliphatic rings. The third-order valence-corrected chi connectivity index (χ3v) is 5.79. The third-order valence-electron chi connectivity index (χ3n) is 4.79. The van der Waals surface area contributed by atoms with Gasteiger partial charge in [0.15, 0.2) is 17.3 Å². The van der Waals surface area contributed by atoms with Gasteiger partial charge in [-0.15, -0.1) is 0 Å². The van der Waals surface area contributed by atoms with Crippen LogP contribution in [-0.4, -0.2) is 26.5 Å². The van der Waals surface area contributed by atoms with Crippen molar-refractivity contribution >= 4 is 35.4 Å². The largest absolute Gasteiger partial charge is 0.490 e. The number of hydrogen-bond acceptors (Lipinski definition) is 6.